The van der Waals surface area contributed by atoms with Crippen LogP contribution in [0.3, 0.4) is 0 Å². The Morgan fingerprint density at radius 1 is 1.21 bits per heavy atom. The van der Waals surface area contributed by atoms with Gasteiger partial charge >= 0.3 is 0 Å². The summed E-state index contributed by atoms with van der Waals surface area (Å²) in [6.07, 6.45) is 0. The van der Waals surface area contributed by atoms with Crippen LogP contribution in [0.1, 0.15) is 31.4 Å². The first-order valence-corrected chi connectivity index (χ1v) is 8.64. The van der Waals surface area contributed by atoms with Crippen LogP contribution < -0.4 is 10.9 Å². The summed E-state index contributed by atoms with van der Waals surface area (Å²) in [6, 6.07) is 5.13. The molecule has 0 atom stereocenters. The lowest BCUT2D eigenvalue weighted by molar-refractivity contribution is 0.0849. The summed E-state index contributed by atoms with van der Waals surface area (Å²) in [5.74, 6) is -0.783. The largest absolute Gasteiger partial charge is 0.279 e. The number of hydrogen-bond acceptors (Lipinski definition) is 5. The predicted octanol–water partition coefficient (Wildman–Crippen LogP) is 2.48. The van der Waals surface area contributed by atoms with Crippen molar-refractivity contribution in [2.45, 2.75) is 13.8 Å². The third kappa shape index (κ3) is 3.04. The first-order valence-electron chi connectivity index (χ1n) is 7.04. The Morgan fingerprint density at radius 2 is 1.92 bits per heavy atom. The van der Waals surface area contributed by atoms with Crippen LogP contribution in [0.5, 0.6) is 0 Å². The van der Waals surface area contributed by atoms with E-state index < -0.39 is 5.91 Å². The van der Waals surface area contributed by atoms with Gasteiger partial charge in [-0.25, -0.2) is 4.98 Å². The number of carbonyl (C=O) groups is 2. The van der Waals surface area contributed by atoms with E-state index >= 15 is 0 Å². The molecule has 0 aliphatic rings. The van der Waals surface area contributed by atoms with Gasteiger partial charge < -0.3 is 0 Å². The summed E-state index contributed by atoms with van der Waals surface area (Å²) in [5, 5.41) is 4.98. The molecular formula is C15H14BrN5O2S. The molecule has 9 heteroatoms. The third-order valence-corrected chi connectivity index (χ3v) is 5.05. The van der Waals surface area contributed by atoms with Gasteiger partial charge in [-0.05, 0) is 48.0 Å². The first-order chi connectivity index (χ1) is 11.4. The number of rotatable bonds is 2. The predicted molar refractivity (Wildman–Crippen MR) is 94.9 cm³/mol. The minimum Gasteiger partial charge on any atom is -0.267 e. The Labute approximate surface area is 150 Å². The molecule has 2 N–H and O–H groups in total. The van der Waals surface area contributed by atoms with Crippen LogP contribution in [0.4, 0.5) is 0 Å². The lowest BCUT2D eigenvalue weighted by Gasteiger charge is -2.08. The molecule has 3 aromatic rings. The van der Waals surface area contributed by atoms with E-state index in [4.69, 9.17) is 0 Å². The summed E-state index contributed by atoms with van der Waals surface area (Å²) in [6.45, 7) is 3.62. The fourth-order valence-corrected chi connectivity index (χ4v) is 3.71. The number of nitrogens with zero attached hydrogens (tertiary/aromatic N) is 3. The van der Waals surface area contributed by atoms with Gasteiger partial charge in [0, 0.05) is 12.7 Å². The highest BCUT2D eigenvalue weighted by atomic mass is 79.9. The second-order valence-electron chi connectivity index (χ2n) is 5.23. The van der Waals surface area contributed by atoms with Gasteiger partial charge in [-0.2, -0.15) is 5.10 Å². The number of pyridine rings is 1. The second-order valence-corrected chi connectivity index (χ2v) is 7.69. The molecule has 0 saturated heterocycles. The van der Waals surface area contributed by atoms with Gasteiger partial charge in [-0.1, -0.05) is 0 Å². The molecule has 3 rings (SSSR count). The lowest BCUT2D eigenvalue weighted by Crippen LogP contribution is -2.41. The Balaban J connectivity index is 1.85. The van der Waals surface area contributed by atoms with E-state index in [0.717, 1.165) is 3.79 Å². The quantitative estimate of drug-likeness (QED) is 0.638. The second kappa shape index (κ2) is 6.33. The summed E-state index contributed by atoms with van der Waals surface area (Å²) in [4.78, 5) is 29.5. The van der Waals surface area contributed by atoms with Crippen LogP contribution in [0.15, 0.2) is 22.0 Å². The van der Waals surface area contributed by atoms with Gasteiger partial charge in [-0.15, -0.1) is 11.3 Å². The van der Waals surface area contributed by atoms with Gasteiger partial charge in [0.25, 0.3) is 11.8 Å². The average Bonchev–Trinajstić information content (AvgIpc) is 3.08. The van der Waals surface area contributed by atoms with Gasteiger partial charge in [0.1, 0.15) is 0 Å². The zero-order valence-electron chi connectivity index (χ0n) is 13.2. The molecule has 0 spiro atoms. The molecule has 0 unspecified atom stereocenters. The first kappa shape index (κ1) is 16.6. The monoisotopic (exact) mass is 407 g/mol. The van der Waals surface area contributed by atoms with Crippen LogP contribution in [0, 0.1) is 13.8 Å². The maximum atomic E-state index is 12.5. The molecule has 0 aromatic carbocycles. The lowest BCUT2D eigenvalue weighted by atomic mass is 10.1. The number of thiophene rings is 1. The van der Waals surface area contributed by atoms with Crippen molar-refractivity contribution < 1.29 is 9.59 Å². The molecule has 0 aliphatic heterocycles. The van der Waals surface area contributed by atoms with E-state index in [1.165, 1.54) is 11.3 Å². The van der Waals surface area contributed by atoms with Crippen LogP contribution in [0.25, 0.3) is 11.0 Å². The van der Waals surface area contributed by atoms with Gasteiger partial charge in [0.15, 0.2) is 5.65 Å². The third-order valence-electron chi connectivity index (χ3n) is 3.43. The molecule has 2 amide bonds. The van der Waals surface area contributed by atoms with E-state index in [0.29, 0.717) is 32.9 Å². The molecule has 3 aromatic heterocycles. The fourth-order valence-electron chi connectivity index (χ4n) is 2.43. The van der Waals surface area contributed by atoms with Crippen molar-refractivity contribution in [2.24, 2.45) is 7.05 Å². The summed E-state index contributed by atoms with van der Waals surface area (Å²) >= 11 is 4.58. The van der Waals surface area contributed by atoms with E-state index in [1.54, 1.807) is 36.9 Å². The summed E-state index contributed by atoms with van der Waals surface area (Å²) in [5.41, 5.74) is 7.34. The number of aromatic nitrogens is 3. The molecule has 3 heterocycles. The van der Waals surface area contributed by atoms with Crippen LogP contribution in [0.2, 0.25) is 0 Å². The van der Waals surface area contributed by atoms with Gasteiger partial charge in [0.2, 0.25) is 0 Å². The minimum atomic E-state index is -0.412. The zero-order chi connectivity index (χ0) is 17.4. The fraction of sp³-hybridized carbons (Fsp3) is 0.200. The van der Waals surface area contributed by atoms with Crippen molar-refractivity contribution in [2.75, 3.05) is 0 Å². The van der Waals surface area contributed by atoms with Crippen molar-refractivity contribution in [1.29, 1.82) is 0 Å². The Hall–Kier alpha value is -2.26. The van der Waals surface area contributed by atoms with E-state index in [1.807, 2.05) is 6.92 Å². The maximum absolute atomic E-state index is 12.5. The van der Waals surface area contributed by atoms with E-state index in [2.05, 4.69) is 36.9 Å². The molecule has 0 radical (unpaired) electrons. The molecule has 24 heavy (non-hydrogen) atoms. The number of nitrogens with one attached hydrogen (secondary N) is 2. The number of amides is 2. The average molecular weight is 408 g/mol. The van der Waals surface area contributed by atoms with Gasteiger partial charge in [-0.3, -0.25) is 25.1 Å². The Bertz CT molecular complexity index is 962. The highest BCUT2D eigenvalue weighted by molar-refractivity contribution is 9.11. The molecular weight excluding hydrogens is 394 g/mol. The van der Waals surface area contributed by atoms with Crippen LogP contribution >= 0.6 is 27.3 Å². The zero-order valence-corrected chi connectivity index (χ0v) is 15.6. The molecule has 0 aliphatic carbocycles. The number of hydrogen-bond donors (Lipinski definition) is 2. The van der Waals surface area contributed by atoms with Crippen LogP contribution in [-0.2, 0) is 7.05 Å². The smallest absolute Gasteiger partial charge is 0.267 e. The number of hydrazine groups is 1. The molecule has 124 valence electrons. The summed E-state index contributed by atoms with van der Waals surface area (Å²) in [7, 11) is 1.78. The Morgan fingerprint density at radius 3 is 2.58 bits per heavy atom. The molecule has 0 fully saturated rings. The number of fused-ring (bicyclic) bond motifs is 1. The van der Waals surface area contributed by atoms with Gasteiger partial charge in [0.05, 0.1) is 25.3 Å². The van der Waals surface area contributed by atoms with Crippen molar-refractivity contribution in [3.63, 3.8) is 0 Å². The maximum Gasteiger partial charge on any atom is 0.279 e. The highest BCUT2D eigenvalue weighted by Crippen LogP contribution is 2.22. The number of aryl methyl sites for hydroxylation is 3. The van der Waals surface area contributed by atoms with Crippen molar-refractivity contribution in [3.8, 4) is 0 Å². The normalized spacial score (nSPS) is 10.8. The van der Waals surface area contributed by atoms with Crippen molar-refractivity contribution in [1.82, 2.24) is 25.6 Å². The number of carbonyl (C=O) groups excluding carboxylic acids is 2. The minimum absolute atomic E-state index is 0.371. The summed E-state index contributed by atoms with van der Waals surface area (Å²) < 4.78 is 2.48. The van der Waals surface area contributed by atoms with E-state index in [-0.39, 0.29) is 5.91 Å². The Kier molecular flexibility index (Phi) is 4.37. The standard InChI is InChI=1S/C15H14BrN5O2S/c1-7-6-9(12-8(2)20-21(3)13(12)17-7)14(22)18-19-15(23)10-4-5-11(16)24-10/h4-6H,1-3H3,(H,18,22)(H,19,23). The molecule has 7 nitrogen and oxygen atoms in total. The topological polar surface area (TPSA) is 88.9 Å². The van der Waals surface area contributed by atoms with Crippen molar-refractivity contribution >= 4 is 50.1 Å². The van der Waals surface area contributed by atoms with Crippen LogP contribution in [-0.4, -0.2) is 26.6 Å². The highest BCUT2D eigenvalue weighted by Gasteiger charge is 2.18. The number of halogens is 1. The SMILES string of the molecule is Cc1cc(C(=O)NNC(=O)c2ccc(Br)s2)c2c(C)nn(C)c2n1. The molecule has 0 bridgehead atoms. The molecule has 0 saturated carbocycles. The van der Waals surface area contributed by atoms with E-state index in [9.17, 15) is 9.59 Å². The van der Waals surface area contributed by atoms with Crippen molar-refractivity contribution in [3.05, 3.63) is 43.8 Å².